The van der Waals surface area contributed by atoms with Gasteiger partial charge in [-0.2, -0.15) is 0 Å². The summed E-state index contributed by atoms with van der Waals surface area (Å²) < 4.78 is 14.0. The van der Waals surface area contributed by atoms with Crippen molar-refractivity contribution >= 4 is 29.4 Å². The third-order valence-corrected chi connectivity index (χ3v) is 5.06. The zero-order chi connectivity index (χ0) is 18.8. The van der Waals surface area contributed by atoms with Crippen LogP contribution >= 0.6 is 11.6 Å². The Morgan fingerprint density at radius 2 is 2.08 bits per heavy atom. The first-order valence-corrected chi connectivity index (χ1v) is 9.04. The molecule has 1 saturated heterocycles. The number of benzene rings is 1. The fourth-order valence-corrected chi connectivity index (χ4v) is 3.30. The molecule has 0 spiro atoms. The number of nitrogens with zero attached hydrogens (tertiary/aromatic N) is 3. The summed E-state index contributed by atoms with van der Waals surface area (Å²) in [7, 11) is 1.57. The summed E-state index contributed by atoms with van der Waals surface area (Å²) in [4.78, 5) is 40.4. The molecule has 0 atom stereocenters. The molecule has 0 bridgehead atoms. The third kappa shape index (κ3) is 3.98. The van der Waals surface area contributed by atoms with Gasteiger partial charge in [-0.05, 0) is 31.4 Å². The summed E-state index contributed by atoms with van der Waals surface area (Å²) in [5.41, 5.74) is 0.320. The molecule has 1 aromatic carbocycles. The maximum atomic E-state index is 14.0. The van der Waals surface area contributed by atoms with Crippen LogP contribution in [0.5, 0.6) is 0 Å². The molecule has 1 aliphatic carbocycles. The minimum atomic E-state index is -0.424. The Balaban J connectivity index is 1.58. The van der Waals surface area contributed by atoms with Gasteiger partial charge in [0.05, 0.1) is 6.54 Å². The Bertz CT molecular complexity index is 718. The Labute approximate surface area is 156 Å². The predicted octanol–water partition coefficient (Wildman–Crippen LogP) is 2.64. The lowest BCUT2D eigenvalue weighted by Crippen LogP contribution is -2.35. The quantitative estimate of drug-likeness (QED) is 0.682. The largest absolute Gasteiger partial charge is 0.335 e. The Hall–Kier alpha value is -2.15. The van der Waals surface area contributed by atoms with Gasteiger partial charge in [0, 0.05) is 36.6 Å². The fourth-order valence-electron chi connectivity index (χ4n) is 3.08. The van der Waals surface area contributed by atoms with E-state index in [2.05, 4.69) is 0 Å². The van der Waals surface area contributed by atoms with Crippen molar-refractivity contribution in [3.63, 3.8) is 0 Å². The van der Waals surface area contributed by atoms with Crippen LogP contribution in [-0.4, -0.2) is 58.7 Å². The van der Waals surface area contributed by atoms with Crippen molar-refractivity contribution in [1.82, 2.24) is 14.7 Å². The van der Waals surface area contributed by atoms with Gasteiger partial charge in [-0.15, -0.1) is 0 Å². The second-order valence-electron chi connectivity index (χ2n) is 6.74. The molecule has 0 aromatic heterocycles. The predicted molar refractivity (Wildman–Crippen MR) is 94.0 cm³/mol. The lowest BCUT2D eigenvalue weighted by molar-refractivity contribution is -0.133. The van der Waals surface area contributed by atoms with Gasteiger partial charge in [-0.1, -0.05) is 17.7 Å². The molecule has 140 valence electrons. The summed E-state index contributed by atoms with van der Waals surface area (Å²) >= 11 is 6.08. The highest BCUT2D eigenvalue weighted by molar-refractivity contribution is 6.31. The molecule has 3 rings (SSSR count). The molecule has 1 aromatic rings. The molecule has 0 unspecified atom stereocenters. The van der Waals surface area contributed by atoms with Gasteiger partial charge in [-0.25, -0.2) is 9.18 Å². The van der Waals surface area contributed by atoms with Crippen LogP contribution in [0.1, 0.15) is 31.2 Å². The van der Waals surface area contributed by atoms with Crippen LogP contribution in [-0.2, 0) is 16.1 Å². The number of halogens is 2. The highest BCUT2D eigenvalue weighted by Gasteiger charge is 2.35. The minimum Gasteiger partial charge on any atom is -0.335 e. The van der Waals surface area contributed by atoms with Gasteiger partial charge in [0.2, 0.25) is 11.8 Å². The number of carbonyl (C=O) groups excluding carboxylic acids is 3. The summed E-state index contributed by atoms with van der Waals surface area (Å²) in [6.07, 6.45) is 2.37. The van der Waals surface area contributed by atoms with E-state index in [-0.39, 0.29) is 49.9 Å². The summed E-state index contributed by atoms with van der Waals surface area (Å²) in [5, 5.41) is 0.305. The molecule has 0 N–H and O–H groups in total. The van der Waals surface area contributed by atoms with Gasteiger partial charge in [-0.3, -0.25) is 14.5 Å². The van der Waals surface area contributed by atoms with E-state index in [0.717, 1.165) is 12.8 Å². The fraction of sp³-hybridized carbons (Fsp3) is 0.500. The standard InChI is InChI=1S/C18H21ClFN3O3/c1-21-11-17(25)22(18(21)26)9-3-6-16(24)23(12-7-8-12)10-13-14(19)4-2-5-15(13)20/h2,4-5,12H,3,6-11H2,1H3. The average Bonchev–Trinajstić information content (AvgIpc) is 3.38. The topological polar surface area (TPSA) is 60.9 Å². The molecule has 0 radical (unpaired) electrons. The minimum absolute atomic E-state index is 0.0762. The first kappa shape index (κ1) is 18.6. The monoisotopic (exact) mass is 381 g/mol. The van der Waals surface area contributed by atoms with E-state index >= 15 is 0 Å². The maximum absolute atomic E-state index is 14.0. The number of hydrogen-bond donors (Lipinski definition) is 0. The average molecular weight is 382 g/mol. The van der Waals surface area contributed by atoms with Gasteiger partial charge in [0.1, 0.15) is 12.4 Å². The Morgan fingerprint density at radius 3 is 2.65 bits per heavy atom. The molecule has 2 aliphatic rings. The Morgan fingerprint density at radius 1 is 1.35 bits per heavy atom. The molecule has 1 saturated carbocycles. The van der Waals surface area contributed by atoms with Crippen LogP contribution in [0.15, 0.2) is 18.2 Å². The van der Waals surface area contributed by atoms with Crippen molar-refractivity contribution in [3.05, 3.63) is 34.6 Å². The van der Waals surface area contributed by atoms with Gasteiger partial charge < -0.3 is 9.80 Å². The summed E-state index contributed by atoms with van der Waals surface area (Å²) in [6, 6.07) is 4.25. The van der Waals surface area contributed by atoms with E-state index < -0.39 is 5.82 Å². The number of hydrogen-bond acceptors (Lipinski definition) is 3. The van der Waals surface area contributed by atoms with E-state index in [9.17, 15) is 18.8 Å². The molecular weight excluding hydrogens is 361 g/mol. The SMILES string of the molecule is CN1CC(=O)N(CCCC(=O)N(Cc2c(F)cccc2Cl)C2CC2)C1=O. The second-order valence-corrected chi connectivity index (χ2v) is 7.15. The van der Waals surface area contributed by atoms with Crippen LogP contribution < -0.4 is 0 Å². The van der Waals surface area contributed by atoms with Crippen LogP contribution in [0.3, 0.4) is 0 Å². The van der Waals surface area contributed by atoms with Gasteiger partial charge in [0.25, 0.3) is 0 Å². The first-order valence-electron chi connectivity index (χ1n) is 8.66. The zero-order valence-corrected chi connectivity index (χ0v) is 15.3. The van der Waals surface area contributed by atoms with E-state index in [1.54, 1.807) is 18.0 Å². The second kappa shape index (κ2) is 7.61. The van der Waals surface area contributed by atoms with Crippen molar-refractivity contribution < 1.29 is 18.8 Å². The molecular formula is C18H21ClFN3O3. The van der Waals surface area contributed by atoms with Gasteiger partial charge in [0.15, 0.2) is 0 Å². The Kier molecular flexibility index (Phi) is 5.46. The van der Waals surface area contributed by atoms with Crippen LogP contribution in [0.4, 0.5) is 9.18 Å². The first-order chi connectivity index (χ1) is 12.4. The number of urea groups is 1. The maximum Gasteiger partial charge on any atom is 0.326 e. The molecule has 1 heterocycles. The smallest absolute Gasteiger partial charge is 0.326 e. The van der Waals surface area contributed by atoms with E-state index in [4.69, 9.17) is 11.6 Å². The number of amides is 4. The number of likely N-dealkylation sites (N-methyl/N-ethyl adjacent to an activating group) is 1. The van der Waals surface area contributed by atoms with Gasteiger partial charge >= 0.3 is 6.03 Å². The molecule has 26 heavy (non-hydrogen) atoms. The van der Waals surface area contributed by atoms with E-state index in [1.807, 2.05) is 0 Å². The highest BCUT2D eigenvalue weighted by atomic mass is 35.5. The number of rotatable bonds is 7. The number of carbonyl (C=O) groups is 3. The highest BCUT2D eigenvalue weighted by Crippen LogP contribution is 2.31. The normalized spacial score (nSPS) is 17.2. The molecule has 1 aliphatic heterocycles. The van der Waals surface area contributed by atoms with E-state index in [0.29, 0.717) is 17.0 Å². The molecule has 4 amide bonds. The van der Waals surface area contributed by atoms with Crippen LogP contribution in [0.25, 0.3) is 0 Å². The molecule has 6 nitrogen and oxygen atoms in total. The van der Waals surface area contributed by atoms with Crippen molar-refractivity contribution in [1.29, 1.82) is 0 Å². The van der Waals surface area contributed by atoms with Crippen molar-refractivity contribution in [2.24, 2.45) is 0 Å². The number of imide groups is 1. The third-order valence-electron chi connectivity index (χ3n) is 4.70. The zero-order valence-electron chi connectivity index (χ0n) is 14.6. The summed E-state index contributed by atoms with van der Waals surface area (Å²) in [6.45, 7) is 0.429. The van der Waals surface area contributed by atoms with Crippen LogP contribution in [0.2, 0.25) is 5.02 Å². The lowest BCUT2D eigenvalue weighted by Gasteiger charge is -2.24. The lowest BCUT2D eigenvalue weighted by atomic mass is 10.1. The van der Waals surface area contributed by atoms with Crippen molar-refractivity contribution in [2.75, 3.05) is 20.1 Å². The van der Waals surface area contributed by atoms with Crippen molar-refractivity contribution in [3.8, 4) is 0 Å². The summed E-state index contributed by atoms with van der Waals surface area (Å²) in [5.74, 6) is -0.784. The van der Waals surface area contributed by atoms with Crippen LogP contribution in [0, 0.1) is 5.82 Å². The molecule has 2 fully saturated rings. The van der Waals surface area contributed by atoms with E-state index in [1.165, 1.54) is 21.9 Å². The van der Waals surface area contributed by atoms with Crippen molar-refractivity contribution in [2.45, 2.75) is 38.3 Å². The molecule has 8 heteroatoms.